The first-order valence-electron chi connectivity index (χ1n) is 6.26. The van der Waals surface area contributed by atoms with E-state index in [1.165, 1.54) is 0 Å². The first kappa shape index (κ1) is 11.7. The van der Waals surface area contributed by atoms with E-state index >= 15 is 0 Å². The summed E-state index contributed by atoms with van der Waals surface area (Å²) in [7, 11) is 0. The standard InChI is InChI=1S/C17H14O2/c1-17(12-11-13-7-3-2-4-8-13)16(18)14-9-5-6-10-15(14)19-17/h2-12H,1H3/b12-11+. The molecule has 1 aliphatic heterocycles. The molecule has 1 unspecified atom stereocenters. The van der Waals surface area contributed by atoms with E-state index in [0.29, 0.717) is 11.3 Å². The van der Waals surface area contributed by atoms with Gasteiger partial charge in [0.25, 0.3) is 0 Å². The molecule has 3 rings (SSSR count). The van der Waals surface area contributed by atoms with Crippen molar-refractivity contribution in [1.29, 1.82) is 0 Å². The molecule has 1 atom stereocenters. The van der Waals surface area contributed by atoms with Gasteiger partial charge in [0.1, 0.15) is 5.75 Å². The highest BCUT2D eigenvalue weighted by atomic mass is 16.5. The van der Waals surface area contributed by atoms with Crippen LogP contribution in [-0.4, -0.2) is 11.4 Å². The quantitative estimate of drug-likeness (QED) is 0.811. The lowest BCUT2D eigenvalue weighted by atomic mass is 9.96. The lowest BCUT2D eigenvalue weighted by Gasteiger charge is -2.17. The van der Waals surface area contributed by atoms with Crippen molar-refractivity contribution >= 4 is 11.9 Å². The molecule has 0 fully saturated rings. The molecule has 0 amide bonds. The van der Waals surface area contributed by atoms with Gasteiger partial charge < -0.3 is 4.74 Å². The van der Waals surface area contributed by atoms with Gasteiger partial charge in [-0.25, -0.2) is 0 Å². The van der Waals surface area contributed by atoms with Gasteiger partial charge in [-0.2, -0.15) is 0 Å². The Hall–Kier alpha value is -2.35. The van der Waals surface area contributed by atoms with Gasteiger partial charge in [0.2, 0.25) is 5.78 Å². The summed E-state index contributed by atoms with van der Waals surface area (Å²) in [5.74, 6) is 0.669. The molecule has 1 heterocycles. The van der Waals surface area contributed by atoms with Gasteiger partial charge in [-0.1, -0.05) is 48.5 Å². The number of hydrogen-bond donors (Lipinski definition) is 0. The largest absolute Gasteiger partial charge is 0.474 e. The molecule has 94 valence electrons. The number of carbonyl (C=O) groups is 1. The van der Waals surface area contributed by atoms with E-state index in [2.05, 4.69) is 0 Å². The number of para-hydroxylation sites is 1. The normalized spacial score (nSPS) is 21.4. The van der Waals surface area contributed by atoms with Crippen molar-refractivity contribution in [1.82, 2.24) is 0 Å². The highest BCUT2D eigenvalue weighted by Gasteiger charge is 2.41. The third-order valence-corrected chi connectivity index (χ3v) is 3.30. The Morgan fingerprint density at radius 3 is 2.42 bits per heavy atom. The minimum absolute atomic E-state index is 0.00952. The molecule has 2 heteroatoms. The predicted octanol–water partition coefficient (Wildman–Crippen LogP) is 3.73. The topological polar surface area (TPSA) is 26.3 Å². The van der Waals surface area contributed by atoms with Crippen molar-refractivity contribution in [2.24, 2.45) is 0 Å². The first-order valence-corrected chi connectivity index (χ1v) is 6.26. The minimum Gasteiger partial charge on any atom is -0.474 e. The van der Waals surface area contributed by atoms with Crippen molar-refractivity contribution in [2.75, 3.05) is 0 Å². The highest BCUT2D eigenvalue weighted by molar-refractivity contribution is 6.08. The van der Waals surface area contributed by atoms with Crippen LogP contribution in [0.1, 0.15) is 22.8 Å². The zero-order chi connectivity index (χ0) is 13.3. The van der Waals surface area contributed by atoms with Crippen molar-refractivity contribution < 1.29 is 9.53 Å². The fraction of sp³-hybridized carbons (Fsp3) is 0.118. The molecular formula is C17H14O2. The van der Waals surface area contributed by atoms with Gasteiger partial charge >= 0.3 is 0 Å². The van der Waals surface area contributed by atoms with E-state index in [1.54, 1.807) is 13.0 Å². The number of benzene rings is 2. The van der Waals surface area contributed by atoms with Crippen LogP contribution in [0.25, 0.3) is 6.08 Å². The summed E-state index contributed by atoms with van der Waals surface area (Å²) < 4.78 is 5.79. The number of Topliss-reactive ketones (excluding diaryl/α,β-unsaturated/α-hetero) is 1. The Morgan fingerprint density at radius 2 is 1.68 bits per heavy atom. The molecule has 0 bridgehead atoms. The van der Waals surface area contributed by atoms with Gasteiger partial charge in [-0.15, -0.1) is 0 Å². The monoisotopic (exact) mass is 250 g/mol. The van der Waals surface area contributed by atoms with Crippen molar-refractivity contribution in [3.8, 4) is 5.75 Å². The molecule has 2 nitrogen and oxygen atoms in total. The van der Waals surface area contributed by atoms with Crippen LogP contribution in [0, 0.1) is 0 Å². The first-order chi connectivity index (χ1) is 9.19. The van der Waals surface area contributed by atoms with Crippen LogP contribution < -0.4 is 4.74 Å². The maximum atomic E-state index is 12.4. The summed E-state index contributed by atoms with van der Waals surface area (Å²) in [6, 6.07) is 17.2. The molecule has 0 saturated carbocycles. The summed E-state index contributed by atoms with van der Waals surface area (Å²) in [5.41, 5.74) is 0.804. The van der Waals surface area contributed by atoms with Crippen LogP contribution in [0.5, 0.6) is 5.75 Å². The molecule has 2 aromatic rings. The zero-order valence-electron chi connectivity index (χ0n) is 10.7. The Balaban J connectivity index is 1.91. The van der Waals surface area contributed by atoms with Crippen LogP contribution >= 0.6 is 0 Å². The number of fused-ring (bicyclic) bond motifs is 1. The number of ether oxygens (including phenoxy) is 1. The van der Waals surface area contributed by atoms with Crippen molar-refractivity contribution in [3.05, 3.63) is 71.8 Å². The Kier molecular flexibility index (Phi) is 2.71. The Morgan fingerprint density at radius 1 is 1.00 bits per heavy atom. The van der Waals surface area contributed by atoms with E-state index in [9.17, 15) is 4.79 Å². The van der Waals surface area contributed by atoms with E-state index in [-0.39, 0.29) is 5.78 Å². The summed E-state index contributed by atoms with van der Waals surface area (Å²) in [6.45, 7) is 1.80. The highest BCUT2D eigenvalue weighted by Crippen LogP contribution is 2.35. The SMILES string of the molecule is CC1(/C=C/c2ccccc2)Oc2ccccc2C1=O. The maximum absolute atomic E-state index is 12.4. The summed E-state index contributed by atoms with van der Waals surface area (Å²) in [4.78, 5) is 12.4. The molecule has 0 aliphatic carbocycles. The fourth-order valence-electron chi connectivity index (χ4n) is 2.21. The van der Waals surface area contributed by atoms with Gasteiger partial charge in [-0.3, -0.25) is 4.79 Å². The second kappa shape index (κ2) is 4.39. The van der Waals surface area contributed by atoms with Gasteiger partial charge in [0.15, 0.2) is 5.60 Å². The fourth-order valence-corrected chi connectivity index (χ4v) is 2.21. The van der Waals surface area contributed by atoms with E-state index in [1.807, 2.05) is 60.7 Å². The summed E-state index contributed by atoms with van der Waals surface area (Å²) in [5, 5.41) is 0. The molecule has 0 saturated heterocycles. The Bertz CT molecular complexity index is 643. The average molecular weight is 250 g/mol. The minimum atomic E-state index is -0.903. The molecule has 0 N–H and O–H groups in total. The number of carbonyl (C=O) groups excluding carboxylic acids is 1. The second-order valence-electron chi connectivity index (χ2n) is 4.78. The molecule has 0 aromatic heterocycles. The molecule has 2 aromatic carbocycles. The predicted molar refractivity (Wildman–Crippen MR) is 75.3 cm³/mol. The van der Waals surface area contributed by atoms with Crippen LogP contribution in [0.2, 0.25) is 0 Å². The molecule has 19 heavy (non-hydrogen) atoms. The molecule has 0 radical (unpaired) electrons. The summed E-state index contributed by atoms with van der Waals surface area (Å²) in [6.07, 6.45) is 3.74. The van der Waals surface area contributed by atoms with E-state index < -0.39 is 5.60 Å². The molecule has 0 spiro atoms. The van der Waals surface area contributed by atoms with Gasteiger partial charge in [-0.05, 0) is 30.7 Å². The number of ketones is 1. The molecule has 1 aliphatic rings. The molecular weight excluding hydrogens is 236 g/mol. The van der Waals surface area contributed by atoms with Gasteiger partial charge in [0, 0.05) is 0 Å². The smallest absolute Gasteiger partial charge is 0.213 e. The maximum Gasteiger partial charge on any atom is 0.213 e. The van der Waals surface area contributed by atoms with Crippen LogP contribution in [0.4, 0.5) is 0 Å². The summed E-state index contributed by atoms with van der Waals surface area (Å²) >= 11 is 0. The number of rotatable bonds is 2. The zero-order valence-corrected chi connectivity index (χ0v) is 10.7. The van der Waals surface area contributed by atoms with E-state index in [0.717, 1.165) is 5.56 Å². The average Bonchev–Trinajstić information content (AvgIpc) is 2.71. The van der Waals surface area contributed by atoms with Crippen LogP contribution in [0.3, 0.4) is 0 Å². The van der Waals surface area contributed by atoms with Crippen LogP contribution in [0.15, 0.2) is 60.7 Å². The third kappa shape index (κ3) is 2.06. The lowest BCUT2D eigenvalue weighted by molar-refractivity contribution is 0.0757. The van der Waals surface area contributed by atoms with Gasteiger partial charge in [0.05, 0.1) is 5.56 Å². The van der Waals surface area contributed by atoms with E-state index in [4.69, 9.17) is 4.74 Å². The third-order valence-electron chi connectivity index (χ3n) is 3.30. The Labute approximate surface area is 112 Å². The van der Waals surface area contributed by atoms with Crippen molar-refractivity contribution in [2.45, 2.75) is 12.5 Å². The van der Waals surface area contributed by atoms with Crippen molar-refractivity contribution in [3.63, 3.8) is 0 Å². The van der Waals surface area contributed by atoms with Crippen LogP contribution in [-0.2, 0) is 0 Å². The number of hydrogen-bond acceptors (Lipinski definition) is 2. The second-order valence-corrected chi connectivity index (χ2v) is 4.78. The lowest BCUT2D eigenvalue weighted by Crippen LogP contribution is -2.33.